The third-order valence-electron chi connectivity index (χ3n) is 6.02. The molecule has 0 fully saturated rings. The maximum atomic E-state index is 16.6. The second kappa shape index (κ2) is 10.1. The van der Waals surface area contributed by atoms with Crippen molar-refractivity contribution in [3.8, 4) is 18.2 Å². The number of allylic oxidation sites excluding steroid dienone is 7. The van der Waals surface area contributed by atoms with Gasteiger partial charge in [-0.1, -0.05) is 0 Å². The number of benzene rings is 1. The molecule has 5 rings (SSSR count). The van der Waals surface area contributed by atoms with E-state index in [0.29, 0.717) is 0 Å². The summed E-state index contributed by atoms with van der Waals surface area (Å²) in [6.45, 7) is 22.6. The molecule has 0 bridgehead atoms. The summed E-state index contributed by atoms with van der Waals surface area (Å²) in [7, 11) is 0. The molecule has 0 saturated carbocycles. The second-order valence-electron chi connectivity index (χ2n) is 8.02. The van der Waals surface area contributed by atoms with Gasteiger partial charge in [0.1, 0.15) is 11.9 Å². The van der Waals surface area contributed by atoms with E-state index < -0.39 is 109 Å². The number of hydrogen-bond acceptors (Lipinski definition) is 9. The Morgan fingerprint density at radius 3 is 1.51 bits per heavy atom. The Balaban J connectivity index is 2.01. The van der Waals surface area contributed by atoms with Crippen molar-refractivity contribution in [3.63, 3.8) is 0 Å². The largest absolute Gasteiger partial charge is 0.314 e. The van der Waals surface area contributed by atoms with Crippen molar-refractivity contribution in [1.29, 1.82) is 15.8 Å². The molecule has 0 atom stereocenters. The fourth-order valence-corrected chi connectivity index (χ4v) is 4.59. The quantitative estimate of drug-likeness (QED) is 0.246. The van der Waals surface area contributed by atoms with E-state index in [2.05, 4.69) is 44.4 Å². The van der Waals surface area contributed by atoms with Crippen molar-refractivity contribution in [2.45, 2.75) is 0 Å². The Kier molecular flexibility index (Phi) is 6.41. The van der Waals surface area contributed by atoms with Crippen molar-refractivity contribution in [2.75, 3.05) is 0 Å². The molecule has 0 saturated heterocycles. The third kappa shape index (κ3) is 3.99. The van der Waals surface area contributed by atoms with Crippen molar-refractivity contribution in [3.05, 3.63) is 116 Å². The van der Waals surface area contributed by atoms with Crippen LogP contribution in [0.25, 0.3) is 48.1 Å². The highest BCUT2D eigenvalue weighted by Gasteiger charge is 2.42. The van der Waals surface area contributed by atoms with Crippen LogP contribution < -0.4 is 0 Å². The summed E-state index contributed by atoms with van der Waals surface area (Å²) in [6.07, 6.45) is -6.58. The summed E-state index contributed by atoms with van der Waals surface area (Å²) in [6, 6.07) is 5.70. The van der Waals surface area contributed by atoms with E-state index in [9.17, 15) is 33.3 Å². The topological polar surface area (TPSA) is 162 Å². The summed E-state index contributed by atoms with van der Waals surface area (Å²) >= 11 is 0. The number of nitrogens with zero attached hydrogens (tertiary/aromatic N) is 12. The first kappa shape index (κ1) is 27.4. The van der Waals surface area contributed by atoms with Crippen LogP contribution in [-0.2, 0) is 0 Å². The lowest BCUT2D eigenvalue weighted by Crippen LogP contribution is -2.05. The zero-order chi connectivity index (χ0) is 31.2. The molecule has 0 radical (unpaired) electrons. The fraction of sp³-hybridized carbons (Fsp3) is 0. The highest BCUT2D eigenvalue weighted by molar-refractivity contribution is 6.28. The van der Waals surface area contributed by atoms with Gasteiger partial charge in [0.25, 0.3) is 11.4 Å². The van der Waals surface area contributed by atoms with Gasteiger partial charge in [0.15, 0.2) is 11.6 Å². The molecule has 17 heteroatoms. The van der Waals surface area contributed by atoms with Gasteiger partial charge in [0, 0.05) is 27.8 Å². The molecule has 0 amide bonds. The first-order valence-electron chi connectivity index (χ1n) is 11.0. The van der Waals surface area contributed by atoms with Crippen LogP contribution in [0.3, 0.4) is 0 Å². The molecule has 2 heterocycles. The molecule has 43 heavy (non-hydrogen) atoms. The number of hydrogen-bond donors (Lipinski definition) is 0. The summed E-state index contributed by atoms with van der Waals surface area (Å²) in [5.74, 6) is -3.15. The minimum Gasteiger partial charge on any atom is -0.237 e. The Bertz CT molecular complexity index is 2030. The van der Waals surface area contributed by atoms with Gasteiger partial charge >= 0.3 is 24.3 Å². The molecule has 2 aliphatic carbocycles. The monoisotopic (exact) mass is 576 g/mol. The lowest BCUT2D eigenvalue weighted by atomic mass is 9.92. The first-order valence-corrected chi connectivity index (χ1v) is 11.0. The molecule has 0 N–H and O–H groups in total. The molecule has 0 unspecified atom stereocenters. The van der Waals surface area contributed by atoms with Crippen LogP contribution in [-0.4, -0.2) is 29.9 Å². The summed E-state index contributed by atoms with van der Waals surface area (Å²) in [4.78, 5) is 28.2. The van der Waals surface area contributed by atoms with Gasteiger partial charge in [-0.15, -0.1) is 0 Å². The predicted octanol–water partition coefficient (Wildman–Crippen LogP) is 4.31. The average molecular weight is 576 g/mol. The van der Waals surface area contributed by atoms with Gasteiger partial charge in [0.2, 0.25) is 5.70 Å². The molecular formula is C26HF5N12. The number of rotatable bonds is 2. The van der Waals surface area contributed by atoms with Crippen LogP contribution in [0.1, 0.15) is 33.9 Å². The second-order valence-corrected chi connectivity index (χ2v) is 8.02. The van der Waals surface area contributed by atoms with Crippen LogP contribution >= 0.6 is 0 Å². The lowest BCUT2D eigenvalue weighted by molar-refractivity contribution is 0.451. The molecule has 12 nitrogen and oxygen atoms in total. The van der Waals surface area contributed by atoms with Crippen molar-refractivity contribution < 1.29 is 22.0 Å². The molecular weight excluding hydrogens is 575 g/mol. The van der Waals surface area contributed by atoms with Gasteiger partial charge in [0.05, 0.1) is 37.4 Å². The minimum absolute atomic E-state index is 0.419. The van der Waals surface area contributed by atoms with E-state index in [0.717, 1.165) is 6.07 Å². The van der Waals surface area contributed by atoms with Crippen LogP contribution in [0.2, 0.25) is 0 Å². The Labute approximate surface area is 235 Å². The fourth-order valence-electron chi connectivity index (χ4n) is 4.59. The minimum atomic E-state index is -1.65. The SMILES string of the molecule is [C-]#[N+]C1=C(c2nc(F)nc(F)n2)/C(=C(/C#N)[N+]#[C-])c2cc3c(c(F)c21)C(C#N)=C(c1nc(F)nc(F)n1)/C3=C(\C#N)[N+]#[C-]. The van der Waals surface area contributed by atoms with E-state index in [1.54, 1.807) is 12.1 Å². The molecule has 3 aromatic rings. The van der Waals surface area contributed by atoms with Crippen molar-refractivity contribution in [1.82, 2.24) is 29.9 Å². The van der Waals surface area contributed by atoms with E-state index in [1.807, 2.05) is 0 Å². The van der Waals surface area contributed by atoms with Crippen LogP contribution in [0, 0.1) is 83.8 Å². The van der Waals surface area contributed by atoms with E-state index in [-0.39, 0.29) is 0 Å². The van der Waals surface area contributed by atoms with Gasteiger partial charge in [-0.25, -0.2) is 29.4 Å². The Hall–Kier alpha value is -7.21. The predicted molar refractivity (Wildman–Crippen MR) is 130 cm³/mol. The van der Waals surface area contributed by atoms with Crippen LogP contribution in [0.4, 0.5) is 22.0 Å². The Morgan fingerprint density at radius 1 is 0.651 bits per heavy atom. The first-order chi connectivity index (χ1) is 20.6. The smallest absolute Gasteiger partial charge is 0.237 e. The average Bonchev–Trinajstić information content (AvgIpc) is 3.47. The zero-order valence-corrected chi connectivity index (χ0v) is 20.3. The van der Waals surface area contributed by atoms with Gasteiger partial charge < -0.3 is 0 Å². The van der Waals surface area contributed by atoms with Gasteiger partial charge in [-0.05, 0) is 22.8 Å². The Morgan fingerprint density at radius 2 is 1.09 bits per heavy atom. The van der Waals surface area contributed by atoms with E-state index in [4.69, 9.17) is 19.7 Å². The highest BCUT2D eigenvalue weighted by atomic mass is 19.2. The zero-order valence-electron chi connectivity index (χ0n) is 20.3. The lowest BCUT2D eigenvalue weighted by Gasteiger charge is -2.13. The van der Waals surface area contributed by atoms with Gasteiger partial charge in [-0.2, -0.15) is 52.7 Å². The number of fused-ring (bicyclic) bond motifs is 2. The number of nitriles is 3. The molecule has 200 valence electrons. The normalized spacial score (nSPS) is 15.3. The molecule has 2 aliphatic rings. The number of halogens is 5. The van der Waals surface area contributed by atoms with Gasteiger partial charge in [-0.3, -0.25) is 0 Å². The molecule has 0 spiro atoms. The van der Waals surface area contributed by atoms with E-state index in [1.165, 1.54) is 6.07 Å². The molecule has 2 aromatic heterocycles. The van der Waals surface area contributed by atoms with Crippen LogP contribution in [0.15, 0.2) is 17.5 Å². The van der Waals surface area contributed by atoms with Crippen LogP contribution in [0.5, 0.6) is 0 Å². The molecule has 1 aromatic carbocycles. The maximum Gasteiger partial charge on any atom is 0.314 e. The van der Waals surface area contributed by atoms with Crippen molar-refractivity contribution >= 4 is 33.6 Å². The summed E-state index contributed by atoms with van der Waals surface area (Å²) in [5, 5.41) is 29.4. The maximum absolute atomic E-state index is 16.6. The van der Waals surface area contributed by atoms with Crippen molar-refractivity contribution in [2.24, 2.45) is 0 Å². The highest BCUT2D eigenvalue weighted by Crippen LogP contribution is 2.55. The van der Waals surface area contributed by atoms with E-state index >= 15 is 4.39 Å². The third-order valence-corrected chi connectivity index (χ3v) is 6.02. The summed E-state index contributed by atoms with van der Waals surface area (Å²) in [5.41, 5.74) is -7.58. The summed E-state index contributed by atoms with van der Waals surface area (Å²) < 4.78 is 72.5. The number of aromatic nitrogens is 6. The standard InChI is InChI=1S/C26HF5N12/c1-35-11(6-33)14-8-4-9-15(12(7-34)36-2)18(22-40-25(30)43-26(31)41-22)20(37-3)17(9)19(27)13(8)10(5-32)16(14)21-38-23(28)42-24(29)39-21/h4H/b14-11+,15-12-. The molecule has 0 aliphatic heterocycles.